The molecule has 0 aromatic heterocycles. The van der Waals surface area contributed by atoms with E-state index in [1.165, 1.54) is 30.4 Å². The van der Waals surface area contributed by atoms with Gasteiger partial charge in [-0.15, -0.1) is 0 Å². The average Bonchev–Trinajstić information content (AvgIpc) is 2.47. The van der Waals surface area contributed by atoms with E-state index in [9.17, 15) is 19.8 Å². The summed E-state index contributed by atoms with van der Waals surface area (Å²) < 4.78 is 10.4. The number of esters is 1. The van der Waals surface area contributed by atoms with Crippen molar-refractivity contribution in [3.8, 4) is 11.5 Å². The molecule has 1 aliphatic heterocycles. The first-order chi connectivity index (χ1) is 10.4. The van der Waals surface area contributed by atoms with E-state index < -0.39 is 23.5 Å². The Bertz CT molecular complexity index is 745. The van der Waals surface area contributed by atoms with Crippen LogP contribution in [0.15, 0.2) is 35.9 Å². The molecule has 114 valence electrons. The van der Waals surface area contributed by atoms with Gasteiger partial charge < -0.3 is 19.7 Å². The fourth-order valence-corrected chi connectivity index (χ4v) is 2.81. The molecule has 0 unspecified atom stereocenters. The number of rotatable bonds is 1. The molecule has 0 amide bonds. The van der Waals surface area contributed by atoms with E-state index in [1.807, 2.05) is 0 Å². The predicted molar refractivity (Wildman–Crippen MR) is 75.8 cm³/mol. The van der Waals surface area contributed by atoms with Crippen LogP contribution in [0.4, 0.5) is 0 Å². The number of methoxy groups -OCH3 is 1. The molecular formula is C16H14O6. The first kappa shape index (κ1) is 14.3. The SMILES string of the molecule is COC(=O)[C@@]12Oc3cc(C)cc(O)c3C(=O)C1=CC=C[C@@H]2O. The van der Waals surface area contributed by atoms with Crippen molar-refractivity contribution in [1.29, 1.82) is 0 Å². The number of aliphatic hydroxyl groups excluding tert-OH is 1. The summed E-state index contributed by atoms with van der Waals surface area (Å²) in [5, 5.41) is 20.3. The van der Waals surface area contributed by atoms with Gasteiger partial charge >= 0.3 is 5.97 Å². The fourth-order valence-electron chi connectivity index (χ4n) is 2.81. The lowest BCUT2D eigenvalue weighted by Crippen LogP contribution is -2.60. The largest absolute Gasteiger partial charge is 0.507 e. The van der Waals surface area contributed by atoms with E-state index in [4.69, 9.17) is 9.47 Å². The molecule has 0 saturated heterocycles. The first-order valence-corrected chi connectivity index (χ1v) is 6.64. The number of hydrogen-bond donors (Lipinski definition) is 2. The molecule has 1 aromatic rings. The molecule has 2 aliphatic rings. The fraction of sp³-hybridized carbons (Fsp3) is 0.250. The number of allylic oxidation sites excluding steroid dienone is 2. The highest BCUT2D eigenvalue weighted by atomic mass is 16.6. The Morgan fingerprint density at radius 2 is 2.14 bits per heavy atom. The van der Waals surface area contributed by atoms with Crippen LogP contribution in [0.5, 0.6) is 11.5 Å². The van der Waals surface area contributed by atoms with Crippen LogP contribution in [0.2, 0.25) is 0 Å². The average molecular weight is 302 g/mol. The molecule has 0 fully saturated rings. The molecule has 22 heavy (non-hydrogen) atoms. The van der Waals surface area contributed by atoms with Gasteiger partial charge in [-0.2, -0.15) is 0 Å². The molecule has 1 aromatic carbocycles. The topological polar surface area (TPSA) is 93.1 Å². The number of phenolic OH excluding ortho intramolecular Hbond substituents is 1. The summed E-state index contributed by atoms with van der Waals surface area (Å²) in [5.74, 6) is -1.65. The minimum Gasteiger partial charge on any atom is -0.507 e. The number of aromatic hydroxyl groups is 1. The van der Waals surface area contributed by atoms with Gasteiger partial charge in [-0.3, -0.25) is 4.79 Å². The molecular weight excluding hydrogens is 288 g/mol. The van der Waals surface area contributed by atoms with E-state index >= 15 is 0 Å². The Morgan fingerprint density at radius 1 is 1.41 bits per heavy atom. The third-order valence-corrected chi connectivity index (χ3v) is 3.83. The number of benzene rings is 1. The minimum atomic E-state index is -1.95. The Labute approximate surface area is 126 Å². The van der Waals surface area contributed by atoms with Gasteiger partial charge in [-0.25, -0.2) is 4.79 Å². The molecule has 0 bridgehead atoms. The van der Waals surface area contributed by atoms with Crippen LogP contribution in [0.3, 0.4) is 0 Å². The molecule has 3 rings (SSSR count). The van der Waals surface area contributed by atoms with E-state index in [0.29, 0.717) is 5.56 Å². The molecule has 0 saturated carbocycles. The maximum Gasteiger partial charge on any atom is 0.358 e. The van der Waals surface area contributed by atoms with E-state index in [2.05, 4.69) is 0 Å². The van der Waals surface area contributed by atoms with Gasteiger partial charge in [0.15, 0.2) is 0 Å². The second-order valence-electron chi connectivity index (χ2n) is 5.23. The second kappa shape index (κ2) is 4.71. The van der Waals surface area contributed by atoms with Crippen LogP contribution >= 0.6 is 0 Å². The summed E-state index contributed by atoms with van der Waals surface area (Å²) in [6, 6.07) is 2.96. The zero-order valence-electron chi connectivity index (χ0n) is 12.0. The van der Waals surface area contributed by atoms with Crippen molar-refractivity contribution in [2.24, 2.45) is 0 Å². The third-order valence-electron chi connectivity index (χ3n) is 3.83. The Balaban J connectivity index is 2.29. The van der Waals surface area contributed by atoms with Gasteiger partial charge in [-0.1, -0.05) is 18.2 Å². The number of carbonyl (C=O) groups excluding carboxylic acids is 2. The number of Topliss-reactive ketones (excluding diaryl/α,β-unsaturated/α-hetero) is 1. The van der Waals surface area contributed by atoms with Crippen LogP contribution in [0.1, 0.15) is 15.9 Å². The summed E-state index contributed by atoms with van der Waals surface area (Å²) >= 11 is 0. The van der Waals surface area contributed by atoms with Crippen molar-refractivity contribution in [2.75, 3.05) is 7.11 Å². The number of ketones is 1. The zero-order valence-corrected chi connectivity index (χ0v) is 12.0. The zero-order chi connectivity index (χ0) is 16.1. The number of hydrogen-bond acceptors (Lipinski definition) is 6. The van der Waals surface area contributed by atoms with Crippen molar-refractivity contribution >= 4 is 11.8 Å². The van der Waals surface area contributed by atoms with Gasteiger partial charge in [-0.05, 0) is 24.6 Å². The van der Waals surface area contributed by atoms with Crippen molar-refractivity contribution in [2.45, 2.75) is 18.6 Å². The molecule has 0 radical (unpaired) electrons. The lowest BCUT2D eigenvalue weighted by molar-refractivity contribution is -0.162. The van der Waals surface area contributed by atoms with Crippen molar-refractivity contribution < 1.29 is 29.3 Å². The van der Waals surface area contributed by atoms with Crippen LogP contribution in [-0.4, -0.2) is 40.8 Å². The second-order valence-corrected chi connectivity index (χ2v) is 5.23. The lowest BCUT2D eigenvalue weighted by atomic mass is 9.77. The number of ether oxygens (including phenoxy) is 2. The third kappa shape index (κ3) is 1.70. The lowest BCUT2D eigenvalue weighted by Gasteiger charge is -2.40. The van der Waals surface area contributed by atoms with Crippen LogP contribution in [0.25, 0.3) is 0 Å². The molecule has 1 aliphatic carbocycles. The molecule has 2 N–H and O–H groups in total. The highest BCUT2D eigenvalue weighted by Gasteiger charge is 2.58. The standard InChI is InChI=1S/C16H14O6/c1-8-6-10(17)13-11(7-8)22-16(15(20)21-2)9(14(13)19)4-3-5-12(16)18/h3-7,12,17-18H,1-2H3/t12-,16+/m0/s1. The van der Waals surface area contributed by atoms with E-state index in [0.717, 1.165) is 7.11 Å². The summed E-state index contributed by atoms with van der Waals surface area (Å²) in [6.07, 6.45) is 2.81. The molecule has 6 heteroatoms. The Morgan fingerprint density at radius 3 is 2.82 bits per heavy atom. The minimum absolute atomic E-state index is 0.0288. The van der Waals surface area contributed by atoms with Crippen molar-refractivity contribution in [3.63, 3.8) is 0 Å². The summed E-state index contributed by atoms with van der Waals surface area (Å²) in [4.78, 5) is 25.0. The Kier molecular flexibility index (Phi) is 3.07. The first-order valence-electron chi connectivity index (χ1n) is 6.64. The van der Waals surface area contributed by atoms with Crippen LogP contribution in [0, 0.1) is 6.92 Å². The van der Waals surface area contributed by atoms with Gasteiger partial charge in [0.1, 0.15) is 23.2 Å². The van der Waals surface area contributed by atoms with Crippen LogP contribution in [-0.2, 0) is 9.53 Å². The molecule has 6 nitrogen and oxygen atoms in total. The quantitative estimate of drug-likeness (QED) is 0.753. The highest BCUT2D eigenvalue weighted by Crippen LogP contribution is 2.45. The summed E-state index contributed by atoms with van der Waals surface area (Å²) in [5.41, 5.74) is -1.40. The summed E-state index contributed by atoms with van der Waals surface area (Å²) in [7, 11) is 1.15. The number of carbonyl (C=O) groups is 2. The highest BCUT2D eigenvalue weighted by molar-refractivity contribution is 6.18. The van der Waals surface area contributed by atoms with Gasteiger partial charge in [0, 0.05) is 0 Å². The van der Waals surface area contributed by atoms with Gasteiger partial charge in [0.05, 0.1) is 12.7 Å². The maximum atomic E-state index is 12.7. The number of phenols is 1. The van der Waals surface area contributed by atoms with Crippen molar-refractivity contribution in [3.05, 3.63) is 47.1 Å². The number of aliphatic hydroxyl groups is 1. The van der Waals surface area contributed by atoms with Crippen LogP contribution < -0.4 is 4.74 Å². The number of aryl methyl sites for hydroxylation is 1. The summed E-state index contributed by atoms with van der Waals surface area (Å²) in [6.45, 7) is 1.71. The normalized spacial score (nSPS) is 25.7. The van der Waals surface area contributed by atoms with E-state index in [1.54, 1.807) is 6.92 Å². The maximum absolute atomic E-state index is 12.7. The molecule has 1 heterocycles. The smallest absolute Gasteiger partial charge is 0.358 e. The molecule has 2 atom stereocenters. The predicted octanol–water partition coefficient (Wildman–Crippen LogP) is 1.04. The monoisotopic (exact) mass is 302 g/mol. The van der Waals surface area contributed by atoms with Gasteiger partial charge in [0.25, 0.3) is 5.60 Å². The van der Waals surface area contributed by atoms with Gasteiger partial charge in [0.2, 0.25) is 5.78 Å². The number of fused-ring (bicyclic) bond motifs is 2. The van der Waals surface area contributed by atoms with E-state index in [-0.39, 0.29) is 22.6 Å². The Hall–Kier alpha value is -2.60. The molecule has 0 spiro atoms. The van der Waals surface area contributed by atoms with Crippen molar-refractivity contribution in [1.82, 2.24) is 0 Å².